The predicted octanol–water partition coefficient (Wildman–Crippen LogP) is 2.64. The Morgan fingerprint density at radius 3 is 2.38 bits per heavy atom. The second-order valence-electron chi connectivity index (χ2n) is 3.75. The van der Waals surface area contributed by atoms with E-state index in [-0.39, 0.29) is 0 Å². The van der Waals surface area contributed by atoms with Crippen LogP contribution in [0.3, 0.4) is 0 Å². The molecule has 1 aromatic rings. The molecular weight excluding hydrogens is 211 g/mol. The van der Waals surface area contributed by atoms with Crippen LogP contribution < -0.4 is 4.74 Å². The van der Waals surface area contributed by atoms with Gasteiger partial charge in [0, 0.05) is 6.92 Å². The van der Waals surface area contributed by atoms with Gasteiger partial charge in [0.15, 0.2) is 0 Å². The molecule has 1 N–H and O–H groups in total. The lowest BCUT2D eigenvalue weighted by molar-refractivity contribution is -0.141. The molecule has 0 bridgehead atoms. The summed E-state index contributed by atoms with van der Waals surface area (Å²) in [5, 5.41) is 8.74. The second-order valence-corrected chi connectivity index (χ2v) is 3.75. The first kappa shape index (κ1) is 12.5. The van der Waals surface area contributed by atoms with Crippen LogP contribution in [0.15, 0.2) is 24.3 Å². The van der Waals surface area contributed by atoms with Crippen LogP contribution in [0.25, 0.3) is 0 Å². The SMILES string of the molecule is CC(F)Oc1ccc(C[C@H](C)C(=O)O)cc1. The maximum Gasteiger partial charge on any atom is 0.306 e. The van der Waals surface area contributed by atoms with Gasteiger partial charge in [0.2, 0.25) is 6.36 Å². The number of hydrogen-bond donors (Lipinski definition) is 1. The average Bonchev–Trinajstić information content (AvgIpc) is 2.20. The number of carboxylic acids is 1. The van der Waals surface area contributed by atoms with E-state index in [0.29, 0.717) is 12.2 Å². The second kappa shape index (κ2) is 5.49. The van der Waals surface area contributed by atoms with Crippen LogP contribution in [0.4, 0.5) is 4.39 Å². The molecule has 0 radical (unpaired) electrons. The van der Waals surface area contributed by atoms with Gasteiger partial charge in [-0.1, -0.05) is 19.1 Å². The van der Waals surface area contributed by atoms with Crippen molar-refractivity contribution in [2.45, 2.75) is 26.6 Å². The Morgan fingerprint density at radius 2 is 1.94 bits per heavy atom. The van der Waals surface area contributed by atoms with Crippen molar-refractivity contribution < 1.29 is 19.0 Å². The molecular formula is C12H15FO3. The summed E-state index contributed by atoms with van der Waals surface area (Å²) in [5.41, 5.74) is 0.897. The van der Waals surface area contributed by atoms with Crippen molar-refractivity contribution in [3.05, 3.63) is 29.8 Å². The van der Waals surface area contributed by atoms with Gasteiger partial charge in [-0.2, -0.15) is 0 Å². The normalized spacial score (nSPS) is 14.2. The van der Waals surface area contributed by atoms with Gasteiger partial charge in [0.1, 0.15) is 5.75 Å². The van der Waals surface area contributed by atoms with Gasteiger partial charge in [0.05, 0.1) is 5.92 Å². The molecule has 4 heteroatoms. The molecule has 3 nitrogen and oxygen atoms in total. The highest BCUT2D eigenvalue weighted by molar-refractivity contribution is 5.69. The highest BCUT2D eigenvalue weighted by Crippen LogP contribution is 2.16. The number of benzene rings is 1. The molecule has 1 unspecified atom stereocenters. The standard InChI is InChI=1S/C12H15FO3/c1-8(12(14)15)7-10-3-5-11(6-4-10)16-9(2)13/h3-6,8-9H,7H2,1-2H3,(H,14,15)/t8-,9?/m0/s1. The van der Waals surface area contributed by atoms with Crippen LogP contribution in [0.5, 0.6) is 5.75 Å². The maximum atomic E-state index is 12.5. The van der Waals surface area contributed by atoms with Crippen LogP contribution in [-0.2, 0) is 11.2 Å². The molecule has 0 saturated carbocycles. The number of carbonyl (C=O) groups is 1. The topological polar surface area (TPSA) is 46.5 Å². The van der Waals surface area contributed by atoms with E-state index in [1.165, 1.54) is 6.92 Å². The fraction of sp³-hybridized carbons (Fsp3) is 0.417. The van der Waals surface area contributed by atoms with E-state index in [1.807, 2.05) is 0 Å². The summed E-state index contributed by atoms with van der Waals surface area (Å²) >= 11 is 0. The van der Waals surface area contributed by atoms with E-state index in [0.717, 1.165) is 5.56 Å². The van der Waals surface area contributed by atoms with Gasteiger partial charge in [-0.15, -0.1) is 0 Å². The third-order valence-electron chi connectivity index (χ3n) is 2.19. The molecule has 0 amide bonds. The zero-order valence-electron chi connectivity index (χ0n) is 9.31. The number of aliphatic carboxylic acids is 1. The zero-order chi connectivity index (χ0) is 12.1. The van der Waals surface area contributed by atoms with Gasteiger partial charge >= 0.3 is 5.97 Å². The third kappa shape index (κ3) is 3.88. The predicted molar refractivity (Wildman–Crippen MR) is 58.1 cm³/mol. The van der Waals surface area contributed by atoms with Crippen molar-refractivity contribution in [3.8, 4) is 5.75 Å². The number of hydrogen-bond acceptors (Lipinski definition) is 2. The van der Waals surface area contributed by atoms with Crippen molar-refractivity contribution in [1.82, 2.24) is 0 Å². The lowest BCUT2D eigenvalue weighted by Crippen LogP contribution is -2.12. The summed E-state index contributed by atoms with van der Waals surface area (Å²) in [6.45, 7) is 2.96. The van der Waals surface area contributed by atoms with Gasteiger partial charge < -0.3 is 9.84 Å². The van der Waals surface area contributed by atoms with E-state index in [9.17, 15) is 9.18 Å². The monoisotopic (exact) mass is 226 g/mol. The Bertz CT molecular complexity index is 346. The van der Waals surface area contributed by atoms with Crippen LogP contribution in [0.1, 0.15) is 19.4 Å². The largest absolute Gasteiger partial charge is 0.481 e. The van der Waals surface area contributed by atoms with Crippen molar-refractivity contribution in [2.75, 3.05) is 0 Å². The Labute approximate surface area is 93.9 Å². The maximum absolute atomic E-state index is 12.5. The van der Waals surface area contributed by atoms with Gasteiger partial charge in [-0.3, -0.25) is 4.79 Å². The van der Waals surface area contributed by atoms with Gasteiger partial charge in [-0.05, 0) is 24.1 Å². The van der Waals surface area contributed by atoms with E-state index < -0.39 is 18.2 Å². The molecule has 1 aromatic carbocycles. The van der Waals surface area contributed by atoms with Crippen molar-refractivity contribution in [2.24, 2.45) is 5.92 Å². The number of ether oxygens (including phenoxy) is 1. The van der Waals surface area contributed by atoms with Crippen LogP contribution in [0.2, 0.25) is 0 Å². The molecule has 0 saturated heterocycles. The molecule has 1 rings (SSSR count). The van der Waals surface area contributed by atoms with E-state index in [2.05, 4.69) is 0 Å². The lowest BCUT2D eigenvalue weighted by atomic mass is 10.0. The van der Waals surface area contributed by atoms with Crippen LogP contribution >= 0.6 is 0 Å². The summed E-state index contributed by atoms with van der Waals surface area (Å²) < 4.78 is 17.3. The summed E-state index contributed by atoms with van der Waals surface area (Å²) in [6, 6.07) is 6.77. The minimum Gasteiger partial charge on any atom is -0.481 e. The minimum atomic E-state index is -1.34. The van der Waals surface area contributed by atoms with E-state index in [4.69, 9.17) is 9.84 Å². The highest BCUT2D eigenvalue weighted by Gasteiger charge is 2.11. The van der Waals surface area contributed by atoms with Crippen molar-refractivity contribution in [1.29, 1.82) is 0 Å². The van der Waals surface area contributed by atoms with E-state index in [1.54, 1.807) is 31.2 Å². The summed E-state index contributed by atoms with van der Waals surface area (Å²) in [7, 11) is 0. The zero-order valence-corrected chi connectivity index (χ0v) is 9.31. The number of rotatable bonds is 5. The van der Waals surface area contributed by atoms with Crippen molar-refractivity contribution in [3.63, 3.8) is 0 Å². The smallest absolute Gasteiger partial charge is 0.306 e. The number of alkyl halides is 1. The number of carboxylic acid groups (broad SMARTS) is 1. The first-order valence-corrected chi connectivity index (χ1v) is 5.11. The molecule has 0 spiro atoms. The van der Waals surface area contributed by atoms with Crippen LogP contribution in [0, 0.1) is 5.92 Å². The first-order chi connectivity index (χ1) is 7.49. The Balaban J connectivity index is 2.61. The molecule has 0 aromatic heterocycles. The Morgan fingerprint density at radius 1 is 1.38 bits per heavy atom. The molecule has 2 atom stereocenters. The van der Waals surface area contributed by atoms with Gasteiger partial charge in [0.25, 0.3) is 0 Å². The molecule has 0 heterocycles. The fourth-order valence-electron chi connectivity index (χ4n) is 1.33. The van der Waals surface area contributed by atoms with Gasteiger partial charge in [-0.25, -0.2) is 4.39 Å². The Hall–Kier alpha value is -1.58. The van der Waals surface area contributed by atoms with Crippen LogP contribution in [-0.4, -0.2) is 17.4 Å². The molecule has 0 aliphatic rings. The number of halogens is 1. The Kier molecular flexibility index (Phi) is 4.28. The third-order valence-corrected chi connectivity index (χ3v) is 2.19. The molecule has 0 aliphatic carbocycles. The molecule has 0 aliphatic heterocycles. The molecule has 88 valence electrons. The summed E-state index contributed by atoms with van der Waals surface area (Å²) in [6.07, 6.45) is -0.885. The van der Waals surface area contributed by atoms with Crippen molar-refractivity contribution >= 4 is 5.97 Å². The fourth-order valence-corrected chi connectivity index (χ4v) is 1.33. The highest BCUT2D eigenvalue weighted by atomic mass is 19.1. The summed E-state index contributed by atoms with van der Waals surface area (Å²) in [5.74, 6) is -0.800. The average molecular weight is 226 g/mol. The molecule has 16 heavy (non-hydrogen) atoms. The summed E-state index contributed by atoms with van der Waals surface area (Å²) in [4.78, 5) is 10.6. The minimum absolute atomic E-state index is 0.424. The van der Waals surface area contributed by atoms with E-state index >= 15 is 0 Å². The molecule has 0 fully saturated rings. The lowest BCUT2D eigenvalue weighted by Gasteiger charge is -2.09. The quantitative estimate of drug-likeness (QED) is 0.839. The first-order valence-electron chi connectivity index (χ1n) is 5.11.